The number of anilines is 1. The van der Waals surface area contributed by atoms with Crippen LogP contribution in [0.2, 0.25) is 0 Å². The second-order valence-corrected chi connectivity index (χ2v) is 4.43. The summed E-state index contributed by atoms with van der Waals surface area (Å²) in [5, 5.41) is 3.37. The maximum absolute atomic E-state index is 4.32. The molecule has 0 fully saturated rings. The summed E-state index contributed by atoms with van der Waals surface area (Å²) in [4.78, 5) is 4.32. The first-order valence-electron chi connectivity index (χ1n) is 5.99. The normalized spacial score (nSPS) is 10.9. The van der Waals surface area contributed by atoms with Crippen LogP contribution in [0.25, 0.3) is 0 Å². The van der Waals surface area contributed by atoms with Crippen molar-refractivity contribution in [3.05, 3.63) is 12.4 Å². The predicted octanol–water partition coefficient (Wildman–Crippen LogP) is 3.14. The number of nitrogens with zero attached hydrogens (tertiary/aromatic N) is 2. The summed E-state index contributed by atoms with van der Waals surface area (Å²) >= 11 is 0. The van der Waals surface area contributed by atoms with E-state index in [1.165, 1.54) is 19.3 Å². The van der Waals surface area contributed by atoms with E-state index in [0.717, 1.165) is 19.0 Å². The van der Waals surface area contributed by atoms with Crippen molar-refractivity contribution < 1.29 is 0 Å². The molecule has 0 aliphatic heterocycles. The van der Waals surface area contributed by atoms with E-state index in [0.29, 0.717) is 5.92 Å². The van der Waals surface area contributed by atoms with Crippen LogP contribution in [0, 0.1) is 5.92 Å². The molecule has 1 heterocycles. The molecule has 0 saturated carbocycles. The third kappa shape index (κ3) is 4.36. The summed E-state index contributed by atoms with van der Waals surface area (Å²) in [6.07, 6.45) is 7.72. The first-order valence-corrected chi connectivity index (χ1v) is 5.99. The molecule has 15 heavy (non-hydrogen) atoms. The summed E-state index contributed by atoms with van der Waals surface area (Å²) in [5.41, 5.74) is 0. The molecule has 0 aliphatic rings. The molecular formula is C12H23N3. The second-order valence-electron chi connectivity index (χ2n) is 4.43. The molecule has 0 amide bonds. The standard InChI is InChI=1S/C12H23N3/c1-4-5-6-8-15-9-7-13-12(15)14-10-11(2)3/h7,9,11H,4-6,8,10H2,1-3H3,(H,13,14). The van der Waals surface area contributed by atoms with Gasteiger partial charge in [0.05, 0.1) is 0 Å². The number of aryl methyl sites for hydroxylation is 1. The van der Waals surface area contributed by atoms with E-state index in [2.05, 4.69) is 41.8 Å². The van der Waals surface area contributed by atoms with Crippen molar-refractivity contribution in [2.24, 2.45) is 5.92 Å². The van der Waals surface area contributed by atoms with Gasteiger partial charge in [-0.3, -0.25) is 0 Å². The van der Waals surface area contributed by atoms with Crippen LogP contribution in [-0.4, -0.2) is 16.1 Å². The van der Waals surface area contributed by atoms with E-state index in [4.69, 9.17) is 0 Å². The number of hydrogen-bond donors (Lipinski definition) is 1. The van der Waals surface area contributed by atoms with Gasteiger partial charge in [0.2, 0.25) is 5.95 Å². The van der Waals surface area contributed by atoms with Gasteiger partial charge in [0.15, 0.2) is 0 Å². The minimum atomic E-state index is 0.658. The summed E-state index contributed by atoms with van der Waals surface area (Å²) in [5.74, 6) is 1.67. The van der Waals surface area contributed by atoms with Crippen molar-refractivity contribution in [3.63, 3.8) is 0 Å². The van der Waals surface area contributed by atoms with Gasteiger partial charge in [-0.25, -0.2) is 4.98 Å². The molecule has 0 spiro atoms. The van der Waals surface area contributed by atoms with Crippen LogP contribution in [0.15, 0.2) is 12.4 Å². The van der Waals surface area contributed by atoms with Crippen molar-refractivity contribution in [2.75, 3.05) is 11.9 Å². The highest BCUT2D eigenvalue weighted by Gasteiger charge is 2.02. The van der Waals surface area contributed by atoms with Crippen LogP contribution in [0.4, 0.5) is 5.95 Å². The molecule has 0 saturated heterocycles. The Morgan fingerprint density at radius 3 is 2.87 bits per heavy atom. The zero-order valence-electron chi connectivity index (χ0n) is 10.2. The number of unbranched alkanes of at least 4 members (excludes halogenated alkanes) is 2. The van der Waals surface area contributed by atoms with Gasteiger partial charge in [-0.2, -0.15) is 0 Å². The van der Waals surface area contributed by atoms with E-state index in [-0.39, 0.29) is 0 Å². The monoisotopic (exact) mass is 209 g/mol. The summed E-state index contributed by atoms with van der Waals surface area (Å²) in [7, 11) is 0. The molecule has 0 unspecified atom stereocenters. The fourth-order valence-corrected chi connectivity index (χ4v) is 1.48. The second kappa shape index (κ2) is 6.49. The fraction of sp³-hybridized carbons (Fsp3) is 0.750. The van der Waals surface area contributed by atoms with Crippen LogP contribution in [0.1, 0.15) is 40.0 Å². The quantitative estimate of drug-likeness (QED) is 0.699. The van der Waals surface area contributed by atoms with Gasteiger partial charge in [-0.15, -0.1) is 0 Å². The highest BCUT2D eigenvalue weighted by atomic mass is 15.2. The average Bonchev–Trinajstić information content (AvgIpc) is 2.63. The van der Waals surface area contributed by atoms with E-state index < -0.39 is 0 Å². The van der Waals surface area contributed by atoms with Crippen molar-refractivity contribution in [1.82, 2.24) is 9.55 Å². The number of imidazole rings is 1. The fourth-order valence-electron chi connectivity index (χ4n) is 1.48. The van der Waals surface area contributed by atoms with Gasteiger partial charge >= 0.3 is 0 Å². The van der Waals surface area contributed by atoms with Crippen molar-refractivity contribution in [1.29, 1.82) is 0 Å². The zero-order chi connectivity index (χ0) is 11.1. The van der Waals surface area contributed by atoms with E-state index in [1.807, 2.05) is 6.20 Å². The predicted molar refractivity (Wildman–Crippen MR) is 65.1 cm³/mol. The lowest BCUT2D eigenvalue weighted by Gasteiger charge is -2.10. The smallest absolute Gasteiger partial charge is 0.202 e. The average molecular weight is 209 g/mol. The van der Waals surface area contributed by atoms with Crippen molar-refractivity contribution in [2.45, 2.75) is 46.6 Å². The van der Waals surface area contributed by atoms with E-state index >= 15 is 0 Å². The third-order valence-corrected chi connectivity index (χ3v) is 2.39. The van der Waals surface area contributed by atoms with Gasteiger partial charge < -0.3 is 9.88 Å². The minimum absolute atomic E-state index is 0.658. The highest BCUT2D eigenvalue weighted by molar-refractivity contribution is 5.25. The van der Waals surface area contributed by atoms with Gasteiger partial charge in [0, 0.05) is 25.5 Å². The third-order valence-electron chi connectivity index (χ3n) is 2.39. The van der Waals surface area contributed by atoms with Crippen molar-refractivity contribution >= 4 is 5.95 Å². The molecule has 1 N–H and O–H groups in total. The Labute approximate surface area is 92.9 Å². The Morgan fingerprint density at radius 2 is 2.20 bits per heavy atom. The van der Waals surface area contributed by atoms with Crippen LogP contribution in [-0.2, 0) is 6.54 Å². The number of rotatable bonds is 7. The number of nitrogens with one attached hydrogen (secondary N) is 1. The van der Waals surface area contributed by atoms with Crippen LogP contribution in [0.3, 0.4) is 0 Å². The molecule has 0 atom stereocenters. The molecule has 0 aromatic carbocycles. The summed E-state index contributed by atoms with van der Waals surface area (Å²) in [6.45, 7) is 8.71. The maximum atomic E-state index is 4.32. The van der Waals surface area contributed by atoms with E-state index in [9.17, 15) is 0 Å². The van der Waals surface area contributed by atoms with Gasteiger partial charge in [-0.05, 0) is 12.3 Å². The van der Waals surface area contributed by atoms with Gasteiger partial charge in [-0.1, -0.05) is 33.6 Å². The van der Waals surface area contributed by atoms with Crippen molar-refractivity contribution in [3.8, 4) is 0 Å². The first kappa shape index (κ1) is 12.1. The molecular weight excluding hydrogens is 186 g/mol. The molecule has 1 rings (SSSR count). The SMILES string of the molecule is CCCCCn1ccnc1NCC(C)C. The number of hydrogen-bond acceptors (Lipinski definition) is 2. The largest absolute Gasteiger partial charge is 0.355 e. The van der Waals surface area contributed by atoms with Crippen LogP contribution in [0.5, 0.6) is 0 Å². The lowest BCUT2D eigenvalue weighted by molar-refractivity contribution is 0.600. The van der Waals surface area contributed by atoms with E-state index in [1.54, 1.807) is 0 Å². The lowest BCUT2D eigenvalue weighted by Crippen LogP contribution is -2.12. The van der Waals surface area contributed by atoms with Gasteiger partial charge in [0.1, 0.15) is 0 Å². The highest BCUT2D eigenvalue weighted by Crippen LogP contribution is 2.08. The van der Waals surface area contributed by atoms with Gasteiger partial charge in [0.25, 0.3) is 0 Å². The molecule has 0 radical (unpaired) electrons. The molecule has 0 aliphatic carbocycles. The molecule has 1 aromatic heterocycles. The Morgan fingerprint density at radius 1 is 1.40 bits per heavy atom. The molecule has 3 nitrogen and oxygen atoms in total. The summed E-state index contributed by atoms with van der Waals surface area (Å²) < 4.78 is 2.21. The zero-order valence-corrected chi connectivity index (χ0v) is 10.2. The minimum Gasteiger partial charge on any atom is -0.355 e. The maximum Gasteiger partial charge on any atom is 0.202 e. The Hall–Kier alpha value is -0.990. The first-order chi connectivity index (χ1) is 7.24. The van der Waals surface area contributed by atoms with Crippen LogP contribution >= 0.6 is 0 Å². The molecule has 86 valence electrons. The topological polar surface area (TPSA) is 29.9 Å². The lowest BCUT2D eigenvalue weighted by atomic mass is 10.2. The Bertz CT molecular complexity index is 266. The Balaban J connectivity index is 2.39. The summed E-state index contributed by atoms with van der Waals surface area (Å²) in [6, 6.07) is 0. The number of aromatic nitrogens is 2. The Kier molecular flexibility index (Phi) is 5.22. The van der Waals surface area contributed by atoms with Crippen LogP contribution < -0.4 is 5.32 Å². The molecule has 0 bridgehead atoms. The molecule has 3 heteroatoms. The molecule has 1 aromatic rings.